The van der Waals surface area contributed by atoms with Crippen molar-refractivity contribution in [3.63, 3.8) is 0 Å². The normalized spacial score (nSPS) is 15.0. The van der Waals surface area contributed by atoms with E-state index < -0.39 is 0 Å². The SMILES string of the molecule is CC(C)(C)c1cc(-c2cc(-c3ccc(C4CCCCC4)cc3)ccn2)[c-]c(-c2cccc3c2nc(-c2cc(C(C)(C)C)ccc2O)n3-c2ccc(CC3CCCC3)cc2-c2ccccc2)c1.[Pt]. The molecule has 6 aromatic carbocycles. The van der Waals surface area contributed by atoms with E-state index in [1.807, 2.05) is 18.3 Å². The van der Waals surface area contributed by atoms with Crippen LogP contribution in [0.3, 0.4) is 0 Å². The van der Waals surface area contributed by atoms with Crippen LogP contribution in [0.2, 0.25) is 0 Å². The van der Waals surface area contributed by atoms with Gasteiger partial charge in [0.2, 0.25) is 0 Å². The Morgan fingerprint density at radius 1 is 0.597 bits per heavy atom. The van der Waals surface area contributed by atoms with Gasteiger partial charge in [-0.2, -0.15) is 0 Å². The number of phenols is 1. The molecule has 0 aliphatic heterocycles. The fraction of sp³-hybridized carbons (Fsp3) is 0.323. The van der Waals surface area contributed by atoms with Crippen molar-refractivity contribution in [2.24, 2.45) is 5.92 Å². The molecule has 0 saturated heterocycles. The zero-order valence-electron chi connectivity index (χ0n) is 40.1. The van der Waals surface area contributed by atoms with E-state index in [9.17, 15) is 5.11 Å². The fourth-order valence-electron chi connectivity index (χ4n) is 10.7. The average molecular weight is 1060 g/mol. The smallest absolute Gasteiger partial charge is 0.148 e. The number of rotatable bonds is 9. The van der Waals surface area contributed by atoms with E-state index in [0.717, 1.165) is 73.7 Å². The van der Waals surface area contributed by atoms with E-state index in [2.05, 4.69) is 174 Å². The standard InChI is InChI=1S/C62H64N3O.Pt/c1-61(2,3)50-29-31-58(66)54(40-50)60-64-59-52(22-15-23-57(59)65(60)56-30-24-42(34-41-16-13-14-17-41)35-53(56)46-20-11-8-12-21-46)48-36-49(38-51(37-48)62(4,5)6)55-39-47(32-33-63-55)45-27-25-44(26-28-45)43-18-9-7-10-19-43;/h8,11-12,15,20-33,35,37-41,43,66H,7,9-10,13-14,16-19,34H2,1-6H3;/q-1;. The van der Waals surface area contributed by atoms with Crippen LogP contribution in [0.25, 0.3) is 72.7 Å². The number of phenolic OH excluding ortho intramolecular Hbond substituents is 1. The molecule has 67 heavy (non-hydrogen) atoms. The van der Waals surface area contributed by atoms with Gasteiger partial charge in [0.25, 0.3) is 0 Å². The summed E-state index contributed by atoms with van der Waals surface area (Å²) in [6.45, 7) is 13.5. The van der Waals surface area contributed by atoms with Crippen molar-refractivity contribution in [1.29, 1.82) is 0 Å². The Morgan fingerprint density at radius 3 is 2.04 bits per heavy atom. The molecule has 2 saturated carbocycles. The summed E-state index contributed by atoms with van der Waals surface area (Å²) in [5, 5.41) is 11.8. The summed E-state index contributed by atoms with van der Waals surface area (Å²) in [7, 11) is 0. The van der Waals surface area contributed by atoms with Crippen LogP contribution in [-0.4, -0.2) is 19.6 Å². The van der Waals surface area contributed by atoms with Gasteiger partial charge < -0.3 is 5.11 Å². The number of imidazole rings is 1. The largest absolute Gasteiger partial charge is 0.507 e. The van der Waals surface area contributed by atoms with E-state index in [0.29, 0.717) is 17.3 Å². The first-order chi connectivity index (χ1) is 31.9. The second kappa shape index (κ2) is 19.2. The second-order valence-corrected chi connectivity index (χ2v) is 21.3. The van der Waals surface area contributed by atoms with Gasteiger partial charge in [0, 0.05) is 38.5 Å². The average Bonchev–Trinajstić information content (AvgIpc) is 4.00. The first-order valence-electron chi connectivity index (χ1n) is 24.6. The van der Waals surface area contributed by atoms with Crippen molar-refractivity contribution < 1.29 is 26.2 Å². The molecular weight excluding hydrogens is 998 g/mol. The third-order valence-corrected chi connectivity index (χ3v) is 14.6. The first kappa shape index (κ1) is 46.5. The molecule has 0 radical (unpaired) electrons. The van der Waals surface area contributed by atoms with Crippen LogP contribution in [0.5, 0.6) is 5.75 Å². The predicted molar refractivity (Wildman–Crippen MR) is 275 cm³/mol. The van der Waals surface area contributed by atoms with Crippen molar-refractivity contribution in [2.75, 3.05) is 0 Å². The number of aromatic nitrogens is 3. The number of fused-ring (bicyclic) bond motifs is 1. The van der Waals surface area contributed by atoms with Gasteiger partial charge in [0.1, 0.15) is 11.6 Å². The van der Waals surface area contributed by atoms with E-state index in [4.69, 9.17) is 9.97 Å². The predicted octanol–water partition coefficient (Wildman–Crippen LogP) is 16.6. The molecule has 0 spiro atoms. The minimum atomic E-state index is -0.145. The minimum absolute atomic E-state index is 0. The molecule has 2 fully saturated rings. The third kappa shape index (κ3) is 9.75. The quantitative estimate of drug-likeness (QED) is 0.147. The zero-order valence-corrected chi connectivity index (χ0v) is 42.4. The molecular formula is C62H64N3OPt-. The molecule has 2 aromatic heterocycles. The van der Waals surface area contributed by atoms with Crippen LogP contribution in [0.15, 0.2) is 140 Å². The summed E-state index contributed by atoms with van der Waals surface area (Å²) in [4.78, 5) is 10.6. The van der Waals surface area contributed by atoms with Gasteiger partial charge in [0.15, 0.2) is 0 Å². The van der Waals surface area contributed by atoms with Gasteiger partial charge >= 0.3 is 0 Å². The fourth-order valence-corrected chi connectivity index (χ4v) is 10.7. The number of nitrogens with zero attached hydrogens (tertiary/aromatic N) is 3. The molecule has 2 aliphatic rings. The van der Waals surface area contributed by atoms with Crippen LogP contribution in [0, 0.1) is 12.0 Å². The number of aromatic hydroxyl groups is 1. The van der Waals surface area contributed by atoms with Crippen LogP contribution >= 0.6 is 0 Å². The summed E-state index contributed by atoms with van der Waals surface area (Å²) in [5.41, 5.74) is 16.9. The van der Waals surface area contributed by atoms with Crippen molar-refractivity contribution in [1.82, 2.24) is 14.5 Å². The van der Waals surface area contributed by atoms with E-state index in [-0.39, 0.29) is 37.6 Å². The van der Waals surface area contributed by atoms with Crippen LogP contribution in [0.1, 0.15) is 128 Å². The summed E-state index contributed by atoms with van der Waals surface area (Å²) < 4.78 is 2.29. The van der Waals surface area contributed by atoms with Gasteiger partial charge in [-0.3, -0.25) is 9.55 Å². The number of hydrogen-bond acceptors (Lipinski definition) is 3. The Labute approximate surface area is 413 Å². The second-order valence-electron chi connectivity index (χ2n) is 21.3. The maximum absolute atomic E-state index is 11.8. The van der Waals surface area contributed by atoms with Crippen LogP contribution in [0.4, 0.5) is 0 Å². The molecule has 344 valence electrons. The van der Waals surface area contributed by atoms with Gasteiger partial charge in [-0.15, -0.1) is 29.3 Å². The monoisotopic (exact) mass is 1060 g/mol. The molecule has 0 amide bonds. The Balaban J connectivity index is 0.00000562. The molecule has 8 aromatic rings. The molecule has 5 heteroatoms. The maximum Gasteiger partial charge on any atom is 0.148 e. The van der Waals surface area contributed by atoms with Gasteiger partial charge in [-0.05, 0) is 112 Å². The van der Waals surface area contributed by atoms with E-state index in [1.54, 1.807) is 0 Å². The van der Waals surface area contributed by atoms with E-state index >= 15 is 0 Å². The van der Waals surface area contributed by atoms with Gasteiger partial charge in [-0.25, -0.2) is 4.98 Å². The Hall–Kier alpha value is -5.57. The molecule has 4 nitrogen and oxygen atoms in total. The molecule has 10 rings (SSSR count). The topological polar surface area (TPSA) is 50.9 Å². The number of para-hydroxylation sites is 1. The third-order valence-electron chi connectivity index (χ3n) is 14.6. The van der Waals surface area contributed by atoms with Gasteiger partial charge in [-0.1, -0.05) is 183 Å². The van der Waals surface area contributed by atoms with Crippen LogP contribution < -0.4 is 0 Å². The Morgan fingerprint density at radius 2 is 1.31 bits per heavy atom. The Bertz CT molecular complexity index is 3010. The van der Waals surface area contributed by atoms with Gasteiger partial charge in [0.05, 0.1) is 22.3 Å². The maximum atomic E-state index is 11.8. The molecule has 0 unspecified atom stereocenters. The number of pyridine rings is 1. The summed E-state index contributed by atoms with van der Waals surface area (Å²) in [5.74, 6) is 2.32. The Kier molecular flexibility index (Phi) is 13.3. The van der Waals surface area contributed by atoms with Crippen molar-refractivity contribution in [3.05, 3.63) is 168 Å². The number of benzene rings is 6. The zero-order chi connectivity index (χ0) is 45.6. The molecule has 0 bridgehead atoms. The van der Waals surface area contributed by atoms with Crippen molar-refractivity contribution >= 4 is 11.0 Å². The van der Waals surface area contributed by atoms with E-state index in [1.165, 1.54) is 80.0 Å². The summed E-state index contributed by atoms with van der Waals surface area (Å²) in [6.07, 6.45) is 14.9. The number of hydrogen-bond donors (Lipinski definition) is 1. The van der Waals surface area contributed by atoms with Crippen molar-refractivity contribution in [2.45, 2.75) is 122 Å². The molecule has 0 atom stereocenters. The van der Waals surface area contributed by atoms with Crippen LogP contribution in [-0.2, 0) is 38.3 Å². The molecule has 2 heterocycles. The first-order valence-corrected chi connectivity index (χ1v) is 24.6. The molecule has 2 aliphatic carbocycles. The summed E-state index contributed by atoms with van der Waals surface area (Å²) >= 11 is 0. The minimum Gasteiger partial charge on any atom is -0.507 e. The molecule has 1 N–H and O–H groups in total. The summed E-state index contributed by atoms with van der Waals surface area (Å²) in [6, 6.07) is 52.3. The van der Waals surface area contributed by atoms with Crippen molar-refractivity contribution in [3.8, 4) is 67.5 Å².